The van der Waals surface area contributed by atoms with Crippen LogP contribution < -0.4 is 15.4 Å². The lowest BCUT2D eigenvalue weighted by Gasteiger charge is -2.30. The van der Waals surface area contributed by atoms with E-state index in [4.69, 9.17) is 0 Å². The van der Waals surface area contributed by atoms with Crippen molar-refractivity contribution in [1.29, 1.82) is 0 Å². The Morgan fingerprint density at radius 1 is 1.16 bits per heavy atom. The predicted molar refractivity (Wildman–Crippen MR) is 161 cm³/mol. The molecule has 0 aromatic heterocycles. The number of rotatable bonds is 9. The van der Waals surface area contributed by atoms with Crippen molar-refractivity contribution in [2.24, 2.45) is 10.9 Å². The lowest BCUT2D eigenvalue weighted by molar-refractivity contribution is 0.243. The Morgan fingerprint density at radius 2 is 1.87 bits per heavy atom. The third kappa shape index (κ3) is 9.67. The summed E-state index contributed by atoms with van der Waals surface area (Å²) >= 11 is 1.42. The molecule has 208 valence electrons. The molecular formula is C29H41FN4O2S2. The standard InChI is InChI=1S/C29H41FN4O2S2/c1-29(2,3)34-38(30,36)27-18-16-24(33-28(35)32-20-23-13-9-6-10-14-23)15-17-25(27)26(37-4)21-31-19-22-11-7-5-8-12-22/h6,9-10,13-15,17-19,21-22,38H,5,7-8,11-12,16,20H2,1-4H3,(H,34,36)(H2,32,33,35)/b26-21-,31-19+. The number of hydrogen-bond donors (Lipinski definition) is 4. The number of nitrogens with zero attached hydrogens (tertiary/aromatic N) is 1. The average Bonchev–Trinajstić information content (AvgIpc) is 3.08. The van der Waals surface area contributed by atoms with Gasteiger partial charge in [-0.2, -0.15) is 0 Å². The second-order valence-electron chi connectivity index (χ2n) is 10.6. The van der Waals surface area contributed by atoms with Crippen LogP contribution in [0.1, 0.15) is 64.9 Å². The van der Waals surface area contributed by atoms with Crippen molar-refractivity contribution in [2.45, 2.75) is 71.4 Å². The van der Waals surface area contributed by atoms with Gasteiger partial charge in [0.1, 0.15) is 0 Å². The summed E-state index contributed by atoms with van der Waals surface area (Å²) in [6.07, 6.45) is 16.9. The van der Waals surface area contributed by atoms with Crippen molar-refractivity contribution in [1.82, 2.24) is 15.4 Å². The maximum absolute atomic E-state index is 15.8. The number of carbonyl (C=O) groups excluding carboxylic acids is 1. The van der Waals surface area contributed by atoms with Gasteiger partial charge >= 0.3 is 6.03 Å². The van der Waals surface area contributed by atoms with E-state index in [9.17, 15) is 9.00 Å². The van der Waals surface area contributed by atoms with Gasteiger partial charge in [0, 0.05) is 47.1 Å². The molecule has 0 heterocycles. The van der Waals surface area contributed by atoms with Gasteiger partial charge in [0.2, 0.25) is 0 Å². The van der Waals surface area contributed by atoms with Crippen LogP contribution in [0.5, 0.6) is 0 Å². The summed E-state index contributed by atoms with van der Waals surface area (Å²) in [5.74, 6) is 0.459. The van der Waals surface area contributed by atoms with Crippen molar-refractivity contribution in [2.75, 3.05) is 6.26 Å². The number of benzene rings is 1. The molecule has 38 heavy (non-hydrogen) atoms. The molecule has 3 rings (SSSR count). The van der Waals surface area contributed by atoms with E-state index in [0.717, 1.165) is 18.4 Å². The molecule has 1 aromatic carbocycles. The average molecular weight is 561 g/mol. The van der Waals surface area contributed by atoms with Gasteiger partial charge in [-0.05, 0) is 57.4 Å². The molecule has 0 atom stereocenters. The highest BCUT2D eigenvalue weighted by Crippen LogP contribution is 2.37. The van der Waals surface area contributed by atoms with Crippen molar-refractivity contribution >= 4 is 34.5 Å². The molecule has 0 bridgehead atoms. The predicted octanol–water partition coefficient (Wildman–Crippen LogP) is 6.64. The van der Waals surface area contributed by atoms with E-state index in [1.807, 2.05) is 42.8 Å². The molecule has 0 radical (unpaired) electrons. The Morgan fingerprint density at radius 3 is 2.53 bits per heavy atom. The Bertz CT molecular complexity index is 1160. The number of nitrogens with one attached hydrogen (secondary N) is 3. The van der Waals surface area contributed by atoms with Gasteiger partial charge in [-0.1, -0.05) is 61.7 Å². The Hall–Kier alpha value is -2.49. The molecule has 1 fully saturated rings. The van der Waals surface area contributed by atoms with Gasteiger partial charge in [-0.3, -0.25) is 4.99 Å². The number of aliphatic imine (C=N–C) groups is 1. The molecule has 9 heteroatoms. The van der Waals surface area contributed by atoms with Crippen LogP contribution in [0.25, 0.3) is 0 Å². The first-order chi connectivity index (χ1) is 18.1. The molecule has 1 aromatic rings. The first kappa shape index (κ1) is 30.1. The zero-order valence-corrected chi connectivity index (χ0v) is 24.5. The number of amides is 2. The van der Waals surface area contributed by atoms with Crippen molar-refractivity contribution in [3.8, 4) is 0 Å². The van der Waals surface area contributed by atoms with E-state index in [1.54, 1.807) is 45.2 Å². The van der Waals surface area contributed by atoms with Gasteiger partial charge in [0.15, 0.2) is 0 Å². The zero-order valence-electron chi connectivity index (χ0n) is 22.8. The number of carbonyl (C=O) groups is 1. The van der Waals surface area contributed by atoms with Gasteiger partial charge in [0.05, 0.1) is 15.4 Å². The fraction of sp³-hybridized carbons (Fsp3) is 0.448. The highest BCUT2D eigenvalue weighted by molar-refractivity contribution is 8.03. The number of thiol groups is 1. The summed E-state index contributed by atoms with van der Waals surface area (Å²) in [6, 6.07) is 9.26. The van der Waals surface area contributed by atoms with Crippen LogP contribution in [-0.2, 0) is 17.0 Å². The number of hydrogen-bond acceptors (Lipinski definition) is 4. The first-order valence-corrected chi connectivity index (χ1v) is 16.0. The van der Waals surface area contributed by atoms with Crippen LogP contribution in [0.4, 0.5) is 8.68 Å². The second-order valence-corrected chi connectivity index (χ2v) is 13.3. The molecule has 2 aliphatic carbocycles. The molecular weight excluding hydrogens is 519 g/mol. The van der Waals surface area contributed by atoms with Gasteiger partial charge in [-0.25, -0.2) is 13.7 Å². The molecule has 0 aliphatic heterocycles. The van der Waals surface area contributed by atoms with Crippen LogP contribution in [-0.4, -0.2) is 28.2 Å². The van der Waals surface area contributed by atoms with Crippen LogP contribution >= 0.6 is 11.8 Å². The van der Waals surface area contributed by atoms with Gasteiger partial charge < -0.3 is 10.6 Å². The third-order valence-corrected chi connectivity index (χ3v) is 8.99. The number of halogens is 1. The molecule has 2 amide bonds. The maximum atomic E-state index is 15.8. The van der Waals surface area contributed by atoms with Crippen LogP contribution in [0.15, 0.2) is 80.8 Å². The molecule has 6 nitrogen and oxygen atoms in total. The summed E-state index contributed by atoms with van der Waals surface area (Å²) in [5.41, 5.74) is 1.36. The number of thioether (sulfide) groups is 1. The van der Waals surface area contributed by atoms with Gasteiger partial charge in [-0.15, -0.1) is 15.6 Å². The summed E-state index contributed by atoms with van der Waals surface area (Å²) < 4.78 is 31.9. The highest BCUT2D eigenvalue weighted by atomic mass is 32.3. The van der Waals surface area contributed by atoms with Crippen LogP contribution in [0.3, 0.4) is 0 Å². The lowest BCUT2D eigenvalue weighted by atomic mass is 9.90. The van der Waals surface area contributed by atoms with Crippen molar-refractivity contribution in [3.63, 3.8) is 0 Å². The monoisotopic (exact) mass is 560 g/mol. The zero-order chi connectivity index (χ0) is 27.6. The summed E-state index contributed by atoms with van der Waals surface area (Å²) in [5, 5.41) is 5.68. The topological polar surface area (TPSA) is 82.6 Å². The second kappa shape index (κ2) is 14.1. The third-order valence-electron chi connectivity index (χ3n) is 6.23. The molecule has 0 unspecified atom stereocenters. The minimum absolute atomic E-state index is 0.0960. The van der Waals surface area contributed by atoms with Crippen molar-refractivity contribution in [3.05, 3.63) is 81.4 Å². The van der Waals surface area contributed by atoms with Gasteiger partial charge in [0.25, 0.3) is 0 Å². The minimum atomic E-state index is -4.44. The van der Waals surface area contributed by atoms with Crippen LogP contribution in [0, 0.1) is 5.92 Å². The summed E-state index contributed by atoms with van der Waals surface area (Å²) in [7, 11) is -4.44. The fourth-order valence-electron chi connectivity index (χ4n) is 4.44. The minimum Gasteiger partial charge on any atom is -0.334 e. The van der Waals surface area contributed by atoms with E-state index in [0.29, 0.717) is 28.6 Å². The summed E-state index contributed by atoms with van der Waals surface area (Å²) in [6.45, 7) is 5.72. The molecule has 3 N–H and O–H groups in total. The fourth-order valence-corrected chi connectivity index (χ4v) is 6.89. The molecule has 2 aliphatic rings. The van der Waals surface area contributed by atoms with Crippen molar-refractivity contribution < 1.29 is 12.9 Å². The molecule has 1 saturated carbocycles. The first-order valence-electron chi connectivity index (χ1n) is 13.1. The van der Waals surface area contributed by atoms with E-state index >= 15 is 3.89 Å². The SMILES string of the molecule is CS/C(=C\N=C\C1CCCCC1)C1=CC=C(NC(=O)NCc2ccccc2)CC=C1[SH](=O)(F)NC(C)(C)C. The number of allylic oxidation sites excluding steroid dienone is 5. The lowest BCUT2D eigenvalue weighted by Crippen LogP contribution is -2.43. The Labute approximate surface area is 232 Å². The maximum Gasteiger partial charge on any atom is 0.319 e. The Kier molecular flexibility index (Phi) is 11.1. The number of urea groups is 1. The largest absolute Gasteiger partial charge is 0.334 e. The normalized spacial score (nSPS) is 18.3. The Balaban J connectivity index is 1.84. The molecule has 0 saturated heterocycles. The van der Waals surface area contributed by atoms with Crippen LogP contribution in [0.2, 0.25) is 0 Å². The van der Waals surface area contributed by atoms with E-state index in [2.05, 4.69) is 20.3 Å². The highest BCUT2D eigenvalue weighted by Gasteiger charge is 2.29. The smallest absolute Gasteiger partial charge is 0.319 e. The quantitative estimate of drug-likeness (QED) is 0.155. The van der Waals surface area contributed by atoms with E-state index in [-0.39, 0.29) is 17.4 Å². The summed E-state index contributed by atoms with van der Waals surface area (Å²) in [4.78, 5) is 17.9. The van der Waals surface area contributed by atoms with E-state index in [1.165, 1.54) is 31.0 Å². The molecule has 0 spiro atoms. The van der Waals surface area contributed by atoms with E-state index < -0.39 is 16.0 Å².